The van der Waals surface area contributed by atoms with Crippen molar-refractivity contribution in [3.63, 3.8) is 0 Å². The number of hydrogen-bond acceptors (Lipinski definition) is 6. The highest BCUT2D eigenvalue weighted by molar-refractivity contribution is 7.99. The summed E-state index contributed by atoms with van der Waals surface area (Å²) in [5.41, 5.74) is 1.45. The van der Waals surface area contributed by atoms with Crippen LogP contribution in [0.4, 0.5) is 5.69 Å². The first kappa shape index (κ1) is 21.4. The van der Waals surface area contributed by atoms with E-state index in [1.165, 1.54) is 11.8 Å². The van der Waals surface area contributed by atoms with E-state index in [2.05, 4.69) is 10.2 Å². The van der Waals surface area contributed by atoms with Gasteiger partial charge in [0.25, 0.3) is 0 Å². The van der Waals surface area contributed by atoms with Crippen molar-refractivity contribution in [3.05, 3.63) is 64.9 Å². The fourth-order valence-corrected chi connectivity index (χ4v) is 4.19. The summed E-state index contributed by atoms with van der Waals surface area (Å²) in [5, 5.41) is 9.60. The smallest absolute Gasteiger partial charge is 0.227 e. The second-order valence-electron chi connectivity index (χ2n) is 7.11. The van der Waals surface area contributed by atoms with Crippen LogP contribution in [-0.2, 0) is 18.4 Å². The molecule has 160 valence electrons. The van der Waals surface area contributed by atoms with Gasteiger partial charge in [0.05, 0.1) is 5.75 Å². The normalized spacial score (nSPS) is 13.6. The predicted molar refractivity (Wildman–Crippen MR) is 120 cm³/mol. The van der Waals surface area contributed by atoms with E-state index in [1.54, 1.807) is 41.3 Å². The van der Waals surface area contributed by atoms with Gasteiger partial charge < -0.3 is 14.2 Å². The standard InChI is InChI=1S/C22H21ClN4O3S/c1-26-20(13-30-18-10-6-16(23)7-11-18)24-25-22(26)31-14-19(28)15-4-8-17(9-5-15)27-12-2-3-21(27)29/h4-11H,2-3,12-14H2,1H3. The Bertz CT molecular complexity index is 1080. The molecule has 2 heterocycles. The Morgan fingerprint density at radius 2 is 1.87 bits per heavy atom. The molecule has 31 heavy (non-hydrogen) atoms. The first-order chi connectivity index (χ1) is 15.0. The van der Waals surface area contributed by atoms with Gasteiger partial charge in [-0.2, -0.15) is 0 Å². The molecule has 0 saturated carbocycles. The number of carbonyl (C=O) groups is 2. The maximum atomic E-state index is 12.6. The van der Waals surface area contributed by atoms with Gasteiger partial charge in [-0.05, 0) is 55.0 Å². The molecule has 0 aliphatic carbocycles. The summed E-state index contributed by atoms with van der Waals surface area (Å²) in [6, 6.07) is 14.3. The molecular weight excluding hydrogens is 436 g/mol. The highest BCUT2D eigenvalue weighted by atomic mass is 35.5. The summed E-state index contributed by atoms with van der Waals surface area (Å²) in [5.74, 6) is 1.71. The first-order valence-corrected chi connectivity index (χ1v) is 11.2. The topological polar surface area (TPSA) is 77.3 Å². The summed E-state index contributed by atoms with van der Waals surface area (Å²) in [4.78, 5) is 26.2. The van der Waals surface area contributed by atoms with Crippen LogP contribution in [0.15, 0.2) is 53.7 Å². The van der Waals surface area contributed by atoms with Crippen molar-refractivity contribution in [2.75, 3.05) is 17.2 Å². The molecule has 1 aromatic heterocycles. The van der Waals surface area contributed by atoms with Crippen LogP contribution >= 0.6 is 23.4 Å². The average Bonchev–Trinajstić information content (AvgIpc) is 3.37. The Morgan fingerprint density at radius 1 is 1.13 bits per heavy atom. The second kappa shape index (κ2) is 9.53. The summed E-state index contributed by atoms with van der Waals surface area (Å²) in [6.45, 7) is 0.995. The van der Waals surface area contributed by atoms with Gasteiger partial charge in [-0.25, -0.2) is 0 Å². The lowest BCUT2D eigenvalue weighted by Crippen LogP contribution is -2.23. The third-order valence-electron chi connectivity index (χ3n) is 5.01. The third-order valence-corrected chi connectivity index (χ3v) is 6.29. The summed E-state index contributed by atoms with van der Waals surface area (Å²) in [7, 11) is 1.84. The zero-order chi connectivity index (χ0) is 21.8. The fourth-order valence-electron chi connectivity index (χ4n) is 3.24. The highest BCUT2D eigenvalue weighted by Crippen LogP contribution is 2.23. The molecule has 0 bridgehead atoms. The number of rotatable bonds is 8. The Balaban J connectivity index is 1.32. The fraction of sp³-hybridized carbons (Fsp3) is 0.273. The van der Waals surface area contributed by atoms with Gasteiger partial charge in [-0.3, -0.25) is 9.59 Å². The monoisotopic (exact) mass is 456 g/mol. The quantitative estimate of drug-likeness (QED) is 0.374. The Hall–Kier alpha value is -2.84. The maximum Gasteiger partial charge on any atom is 0.227 e. The second-order valence-corrected chi connectivity index (χ2v) is 8.49. The molecule has 3 aromatic rings. The van der Waals surface area contributed by atoms with Crippen LogP contribution in [0.1, 0.15) is 29.0 Å². The summed E-state index contributed by atoms with van der Waals surface area (Å²) < 4.78 is 7.53. The predicted octanol–water partition coefficient (Wildman–Crippen LogP) is 4.15. The first-order valence-electron chi connectivity index (χ1n) is 9.84. The largest absolute Gasteiger partial charge is 0.486 e. The molecule has 7 nitrogen and oxygen atoms in total. The molecule has 0 N–H and O–H groups in total. The molecule has 9 heteroatoms. The van der Waals surface area contributed by atoms with Crippen LogP contribution in [-0.4, -0.2) is 38.8 Å². The molecule has 0 radical (unpaired) electrons. The van der Waals surface area contributed by atoms with E-state index in [0.29, 0.717) is 33.7 Å². The van der Waals surface area contributed by atoms with Gasteiger partial charge >= 0.3 is 0 Å². The minimum absolute atomic E-state index is 0.00809. The number of ether oxygens (including phenoxy) is 1. The van der Waals surface area contributed by atoms with Gasteiger partial charge in [-0.1, -0.05) is 23.4 Å². The van der Waals surface area contributed by atoms with E-state index in [0.717, 1.165) is 18.7 Å². The van der Waals surface area contributed by atoms with Crippen molar-refractivity contribution in [1.82, 2.24) is 14.8 Å². The van der Waals surface area contributed by atoms with E-state index in [9.17, 15) is 9.59 Å². The van der Waals surface area contributed by atoms with Gasteiger partial charge in [0.2, 0.25) is 5.91 Å². The molecule has 4 rings (SSSR count). The molecule has 1 saturated heterocycles. The van der Waals surface area contributed by atoms with Crippen LogP contribution < -0.4 is 9.64 Å². The van der Waals surface area contributed by atoms with Crippen molar-refractivity contribution >= 4 is 40.7 Å². The van der Waals surface area contributed by atoms with Crippen LogP contribution in [0.25, 0.3) is 0 Å². The summed E-state index contributed by atoms with van der Waals surface area (Å²) >= 11 is 7.20. The van der Waals surface area contributed by atoms with Crippen LogP contribution in [0, 0.1) is 0 Å². The number of carbonyl (C=O) groups excluding carboxylic acids is 2. The third kappa shape index (κ3) is 5.08. The van der Waals surface area contributed by atoms with Crippen molar-refractivity contribution in [2.24, 2.45) is 7.05 Å². The van der Waals surface area contributed by atoms with Gasteiger partial charge in [0.15, 0.2) is 16.8 Å². The number of Topliss-reactive ketones (excluding diaryl/α,β-unsaturated/α-hetero) is 1. The van der Waals surface area contributed by atoms with Gasteiger partial charge in [-0.15, -0.1) is 10.2 Å². The van der Waals surface area contributed by atoms with Crippen molar-refractivity contribution in [1.29, 1.82) is 0 Å². The number of aromatic nitrogens is 3. The number of nitrogens with zero attached hydrogens (tertiary/aromatic N) is 4. The number of anilines is 1. The zero-order valence-electron chi connectivity index (χ0n) is 17.0. The van der Waals surface area contributed by atoms with Crippen molar-refractivity contribution in [2.45, 2.75) is 24.6 Å². The number of benzene rings is 2. The molecule has 0 spiro atoms. The summed E-state index contributed by atoms with van der Waals surface area (Å²) in [6.07, 6.45) is 1.46. The number of ketones is 1. The average molecular weight is 457 g/mol. The number of thioether (sulfide) groups is 1. The molecule has 1 amide bonds. The van der Waals surface area contributed by atoms with E-state index >= 15 is 0 Å². The van der Waals surface area contributed by atoms with E-state index < -0.39 is 0 Å². The van der Waals surface area contributed by atoms with Gasteiger partial charge in [0, 0.05) is 36.3 Å². The van der Waals surface area contributed by atoms with Gasteiger partial charge in [0.1, 0.15) is 12.4 Å². The number of hydrogen-bond donors (Lipinski definition) is 0. The SMILES string of the molecule is Cn1c(COc2ccc(Cl)cc2)nnc1SCC(=O)c1ccc(N2CCCC2=O)cc1. The minimum Gasteiger partial charge on any atom is -0.486 e. The van der Waals surface area contributed by atoms with Crippen LogP contribution in [0.5, 0.6) is 5.75 Å². The number of amides is 1. The Kier molecular flexibility index (Phi) is 6.58. The molecule has 0 atom stereocenters. The van der Waals surface area contributed by atoms with Crippen molar-refractivity contribution in [3.8, 4) is 5.75 Å². The van der Waals surface area contributed by atoms with Crippen LogP contribution in [0.3, 0.4) is 0 Å². The van der Waals surface area contributed by atoms with Crippen molar-refractivity contribution < 1.29 is 14.3 Å². The molecule has 0 unspecified atom stereocenters. The Labute approximate surface area is 189 Å². The molecule has 1 fully saturated rings. The Morgan fingerprint density at radius 3 is 2.55 bits per heavy atom. The zero-order valence-corrected chi connectivity index (χ0v) is 18.5. The molecule has 1 aliphatic heterocycles. The number of halogens is 1. The lowest BCUT2D eigenvalue weighted by molar-refractivity contribution is -0.117. The van der Waals surface area contributed by atoms with E-state index in [1.807, 2.05) is 23.7 Å². The maximum absolute atomic E-state index is 12.6. The lowest BCUT2D eigenvalue weighted by atomic mass is 10.1. The van der Waals surface area contributed by atoms with Crippen LogP contribution in [0.2, 0.25) is 5.02 Å². The molecule has 2 aromatic carbocycles. The lowest BCUT2D eigenvalue weighted by Gasteiger charge is -2.15. The van der Waals surface area contributed by atoms with E-state index in [4.69, 9.17) is 16.3 Å². The van der Waals surface area contributed by atoms with E-state index in [-0.39, 0.29) is 24.1 Å². The molecule has 1 aliphatic rings. The highest BCUT2D eigenvalue weighted by Gasteiger charge is 2.21. The molecular formula is C22H21ClN4O3S. The minimum atomic E-state index is -0.00809.